The van der Waals surface area contributed by atoms with Crippen molar-refractivity contribution >= 4 is 29.3 Å². The van der Waals surface area contributed by atoms with Crippen molar-refractivity contribution in [2.45, 2.75) is 25.3 Å². The van der Waals surface area contributed by atoms with Crippen molar-refractivity contribution in [2.75, 3.05) is 11.4 Å². The number of carbonyl (C=O) groups is 1. The number of hydrogen-bond donors (Lipinski definition) is 1. The van der Waals surface area contributed by atoms with E-state index in [2.05, 4.69) is 4.90 Å². The first-order valence-corrected chi connectivity index (χ1v) is 6.98. The van der Waals surface area contributed by atoms with E-state index in [0.717, 1.165) is 23.7 Å². The SMILES string of the molecule is O=C(O)/C=C/c1cc(Cl)ccc1N1CC2CCC1C2. The van der Waals surface area contributed by atoms with Crippen molar-refractivity contribution in [1.29, 1.82) is 0 Å². The van der Waals surface area contributed by atoms with Gasteiger partial charge in [0.2, 0.25) is 0 Å². The molecule has 1 N–H and O–H groups in total. The van der Waals surface area contributed by atoms with E-state index in [1.807, 2.05) is 18.2 Å². The van der Waals surface area contributed by atoms with E-state index in [9.17, 15) is 4.79 Å². The smallest absolute Gasteiger partial charge is 0.328 e. The third kappa shape index (κ3) is 2.47. The molecule has 2 unspecified atom stereocenters. The predicted octanol–water partition coefficient (Wildman–Crippen LogP) is 3.43. The Balaban J connectivity index is 1.94. The second-order valence-electron chi connectivity index (χ2n) is 5.36. The summed E-state index contributed by atoms with van der Waals surface area (Å²) in [5.74, 6) is -0.133. The second kappa shape index (κ2) is 4.89. The van der Waals surface area contributed by atoms with Gasteiger partial charge in [0.05, 0.1) is 0 Å². The third-order valence-corrected chi connectivity index (χ3v) is 4.35. The van der Waals surface area contributed by atoms with Gasteiger partial charge in [-0.15, -0.1) is 0 Å². The van der Waals surface area contributed by atoms with Gasteiger partial charge in [0, 0.05) is 29.4 Å². The first-order valence-electron chi connectivity index (χ1n) is 6.60. The van der Waals surface area contributed by atoms with E-state index in [-0.39, 0.29) is 0 Å². The quantitative estimate of drug-likeness (QED) is 0.861. The van der Waals surface area contributed by atoms with Crippen molar-refractivity contribution in [3.05, 3.63) is 34.9 Å². The first kappa shape index (κ1) is 12.5. The maximum atomic E-state index is 10.7. The molecule has 1 heterocycles. The minimum absolute atomic E-state index is 0.614. The highest BCUT2D eigenvalue weighted by molar-refractivity contribution is 6.30. The predicted molar refractivity (Wildman–Crippen MR) is 76.6 cm³/mol. The molecule has 2 bridgehead atoms. The molecule has 0 spiro atoms. The Bertz CT molecular complexity index is 541. The van der Waals surface area contributed by atoms with Gasteiger partial charge >= 0.3 is 5.97 Å². The molecule has 2 aliphatic rings. The van der Waals surface area contributed by atoms with Crippen molar-refractivity contribution in [3.63, 3.8) is 0 Å². The molecule has 1 aromatic rings. The van der Waals surface area contributed by atoms with Crippen LogP contribution in [0.4, 0.5) is 5.69 Å². The molecule has 1 aromatic carbocycles. The summed E-state index contributed by atoms with van der Waals surface area (Å²) >= 11 is 6.02. The molecule has 0 amide bonds. The topological polar surface area (TPSA) is 40.5 Å². The second-order valence-corrected chi connectivity index (χ2v) is 5.80. The zero-order valence-corrected chi connectivity index (χ0v) is 11.3. The molecule has 1 saturated heterocycles. The number of carboxylic acid groups (broad SMARTS) is 1. The largest absolute Gasteiger partial charge is 0.478 e. The lowest BCUT2D eigenvalue weighted by Crippen LogP contribution is -2.32. The van der Waals surface area contributed by atoms with Gasteiger partial charge in [0.1, 0.15) is 0 Å². The highest BCUT2D eigenvalue weighted by Gasteiger charge is 2.38. The molecule has 0 aromatic heterocycles. The number of fused-ring (bicyclic) bond motifs is 2. The summed E-state index contributed by atoms with van der Waals surface area (Å²) in [6, 6.07) is 6.33. The number of piperidine rings is 1. The Hall–Kier alpha value is -1.48. The van der Waals surface area contributed by atoms with E-state index in [4.69, 9.17) is 16.7 Å². The molecule has 3 rings (SSSR count). The van der Waals surface area contributed by atoms with E-state index in [1.54, 1.807) is 6.08 Å². The van der Waals surface area contributed by atoms with Gasteiger partial charge in [-0.3, -0.25) is 0 Å². The summed E-state index contributed by atoms with van der Waals surface area (Å²) < 4.78 is 0. The average molecular weight is 278 g/mol. The number of anilines is 1. The average Bonchev–Trinajstić information content (AvgIpc) is 2.98. The number of benzene rings is 1. The van der Waals surface area contributed by atoms with Crippen LogP contribution in [0.25, 0.3) is 6.08 Å². The summed E-state index contributed by atoms with van der Waals surface area (Å²) in [5.41, 5.74) is 2.00. The fourth-order valence-electron chi connectivity index (χ4n) is 3.30. The van der Waals surface area contributed by atoms with Crippen molar-refractivity contribution in [1.82, 2.24) is 0 Å². The zero-order chi connectivity index (χ0) is 13.4. The van der Waals surface area contributed by atoms with Gasteiger partial charge < -0.3 is 10.0 Å². The molecule has 2 atom stereocenters. The summed E-state index contributed by atoms with van der Waals surface area (Å²) in [4.78, 5) is 13.1. The minimum atomic E-state index is -0.936. The number of carboxylic acids is 1. The van der Waals surface area contributed by atoms with Gasteiger partial charge in [0.15, 0.2) is 0 Å². The Kier molecular flexibility index (Phi) is 3.23. The summed E-state index contributed by atoms with van der Waals surface area (Å²) in [7, 11) is 0. The summed E-state index contributed by atoms with van der Waals surface area (Å²) in [6.07, 6.45) is 6.65. The Morgan fingerprint density at radius 2 is 2.26 bits per heavy atom. The summed E-state index contributed by atoms with van der Waals surface area (Å²) in [6.45, 7) is 1.08. The van der Waals surface area contributed by atoms with Gasteiger partial charge in [-0.25, -0.2) is 4.79 Å². The molecule has 1 aliphatic heterocycles. The molecular weight excluding hydrogens is 262 g/mol. The molecule has 4 heteroatoms. The molecule has 3 nitrogen and oxygen atoms in total. The van der Waals surface area contributed by atoms with E-state index < -0.39 is 5.97 Å². The van der Waals surface area contributed by atoms with E-state index >= 15 is 0 Å². The molecular formula is C15H16ClNO2. The van der Waals surface area contributed by atoms with Crippen LogP contribution in [0, 0.1) is 5.92 Å². The van der Waals surface area contributed by atoms with E-state index in [1.165, 1.54) is 25.3 Å². The number of nitrogens with zero attached hydrogens (tertiary/aromatic N) is 1. The number of rotatable bonds is 3. The number of hydrogen-bond acceptors (Lipinski definition) is 2. The summed E-state index contributed by atoms with van der Waals surface area (Å²) in [5, 5.41) is 9.41. The third-order valence-electron chi connectivity index (χ3n) is 4.11. The lowest BCUT2D eigenvalue weighted by molar-refractivity contribution is -0.131. The van der Waals surface area contributed by atoms with Crippen molar-refractivity contribution in [2.24, 2.45) is 5.92 Å². The first-order chi connectivity index (χ1) is 9.13. The van der Waals surface area contributed by atoms with Gasteiger partial charge in [-0.1, -0.05) is 11.6 Å². The van der Waals surface area contributed by atoms with Crippen LogP contribution >= 0.6 is 11.6 Å². The standard InChI is InChI=1S/C15H16ClNO2/c16-12-3-5-14(11(8-12)2-6-15(18)19)17-9-10-1-4-13(17)7-10/h2-3,5-6,8,10,13H,1,4,7,9H2,(H,18,19)/b6-2+. The van der Waals surface area contributed by atoms with Gasteiger partial charge in [-0.2, -0.15) is 0 Å². The van der Waals surface area contributed by atoms with Crippen LogP contribution in [0.15, 0.2) is 24.3 Å². The van der Waals surface area contributed by atoms with Crippen LogP contribution in [0.2, 0.25) is 5.02 Å². The Labute approximate surface area is 117 Å². The normalized spacial score (nSPS) is 25.4. The Morgan fingerprint density at radius 3 is 2.89 bits per heavy atom. The van der Waals surface area contributed by atoms with Crippen LogP contribution in [-0.2, 0) is 4.79 Å². The molecule has 100 valence electrons. The molecule has 2 fully saturated rings. The Morgan fingerprint density at radius 1 is 1.42 bits per heavy atom. The number of halogens is 1. The van der Waals surface area contributed by atoms with E-state index in [0.29, 0.717) is 11.1 Å². The molecule has 19 heavy (non-hydrogen) atoms. The molecule has 1 saturated carbocycles. The van der Waals surface area contributed by atoms with Gasteiger partial charge in [0.25, 0.3) is 0 Å². The fraction of sp³-hybridized carbons (Fsp3) is 0.400. The van der Waals surface area contributed by atoms with Crippen LogP contribution in [0.5, 0.6) is 0 Å². The van der Waals surface area contributed by atoms with Crippen molar-refractivity contribution < 1.29 is 9.90 Å². The monoisotopic (exact) mass is 277 g/mol. The lowest BCUT2D eigenvalue weighted by Gasteiger charge is -2.30. The van der Waals surface area contributed by atoms with Crippen LogP contribution in [-0.4, -0.2) is 23.7 Å². The highest BCUT2D eigenvalue weighted by Crippen LogP contribution is 2.41. The van der Waals surface area contributed by atoms with Gasteiger partial charge in [-0.05, 0) is 55.0 Å². The van der Waals surface area contributed by atoms with Crippen molar-refractivity contribution in [3.8, 4) is 0 Å². The maximum Gasteiger partial charge on any atom is 0.328 e. The minimum Gasteiger partial charge on any atom is -0.478 e. The molecule has 0 radical (unpaired) electrons. The van der Waals surface area contributed by atoms with Crippen LogP contribution < -0.4 is 4.90 Å². The lowest BCUT2D eigenvalue weighted by atomic mass is 10.1. The maximum absolute atomic E-state index is 10.7. The zero-order valence-electron chi connectivity index (χ0n) is 10.6. The van der Waals surface area contributed by atoms with Crippen LogP contribution in [0.3, 0.4) is 0 Å². The number of aliphatic carboxylic acids is 1. The van der Waals surface area contributed by atoms with Crippen LogP contribution in [0.1, 0.15) is 24.8 Å². The fourth-order valence-corrected chi connectivity index (χ4v) is 3.48. The highest BCUT2D eigenvalue weighted by atomic mass is 35.5. The molecule has 1 aliphatic carbocycles.